The molecule has 1 aliphatic heterocycles. The van der Waals surface area contributed by atoms with Crippen molar-refractivity contribution in [2.24, 2.45) is 0 Å². The molecule has 0 amide bonds. The van der Waals surface area contributed by atoms with Crippen molar-refractivity contribution in [3.05, 3.63) is 54.0 Å². The monoisotopic (exact) mass is 160 g/mol. The van der Waals surface area contributed by atoms with Crippen LogP contribution in [0.1, 0.15) is 5.56 Å². The zero-order valence-electron chi connectivity index (χ0n) is 6.37. The standard InChI is InChI=1S/C10H7FN/c11-9-4-1-3-8(7-9)10-5-2-6-12-10/h1-7H. The van der Waals surface area contributed by atoms with Gasteiger partial charge in [-0.3, -0.25) is 5.32 Å². The quantitative estimate of drug-likeness (QED) is 0.598. The topological polar surface area (TPSA) is 14.1 Å². The highest BCUT2D eigenvalue weighted by molar-refractivity contribution is 5.68. The van der Waals surface area contributed by atoms with E-state index in [1.54, 1.807) is 12.3 Å². The molecule has 2 heteroatoms. The predicted octanol–water partition coefficient (Wildman–Crippen LogP) is 2.30. The molecule has 2 rings (SSSR count). The van der Waals surface area contributed by atoms with E-state index >= 15 is 0 Å². The highest BCUT2D eigenvalue weighted by atomic mass is 19.1. The van der Waals surface area contributed by atoms with Crippen molar-refractivity contribution in [1.82, 2.24) is 5.32 Å². The molecule has 59 valence electrons. The second-order valence-corrected chi connectivity index (χ2v) is 2.53. The van der Waals surface area contributed by atoms with E-state index in [1.807, 2.05) is 18.2 Å². The molecule has 0 aromatic heterocycles. The van der Waals surface area contributed by atoms with Crippen LogP contribution in [-0.4, -0.2) is 0 Å². The molecule has 0 unspecified atom stereocenters. The van der Waals surface area contributed by atoms with E-state index in [9.17, 15) is 4.39 Å². The Morgan fingerprint density at radius 3 is 2.83 bits per heavy atom. The first kappa shape index (κ1) is 7.10. The van der Waals surface area contributed by atoms with E-state index in [0.717, 1.165) is 11.3 Å². The summed E-state index contributed by atoms with van der Waals surface area (Å²) in [6.07, 6.45) is 5.38. The van der Waals surface area contributed by atoms with Crippen molar-refractivity contribution in [1.29, 1.82) is 0 Å². The molecule has 1 radical (unpaired) electrons. The normalized spacial score (nSPS) is 14.2. The van der Waals surface area contributed by atoms with Gasteiger partial charge in [0.05, 0.1) is 5.70 Å². The van der Waals surface area contributed by atoms with Crippen LogP contribution in [0.2, 0.25) is 0 Å². The molecule has 1 aromatic rings. The molecular weight excluding hydrogens is 153 g/mol. The fourth-order valence-electron chi connectivity index (χ4n) is 1.12. The summed E-state index contributed by atoms with van der Waals surface area (Å²) < 4.78 is 12.7. The third kappa shape index (κ3) is 1.23. The Kier molecular flexibility index (Phi) is 1.67. The maximum atomic E-state index is 12.7. The molecule has 0 atom stereocenters. The Morgan fingerprint density at radius 2 is 2.17 bits per heavy atom. The molecule has 0 fully saturated rings. The van der Waals surface area contributed by atoms with Gasteiger partial charge in [0.15, 0.2) is 0 Å². The summed E-state index contributed by atoms with van der Waals surface area (Å²) in [5, 5.41) is 4.06. The number of allylic oxidation sites excluding steroid dienone is 2. The van der Waals surface area contributed by atoms with Crippen molar-refractivity contribution in [2.45, 2.75) is 0 Å². The van der Waals surface area contributed by atoms with Gasteiger partial charge in [0.25, 0.3) is 0 Å². The van der Waals surface area contributed by atoms with Crippen LogP contribution < -0.4 is 5.32 Å². The number of rotatable bonds is 1. The average Bonchev–Trinajstić information content (AvgIpc) is 2.56. The fraction of sp³-hybridized carbons (Fsp3) is 0. The minimum Gasteiger partial charge on any atom is -0.256 e. The molecular formula is C10H7FN. The average molecular weight is 160 g/mol. The minimum atomic E-state index is -0.226. The molecule has 0 saturated heterocycles. The molecule has 1 heterocycles. The summed E-state index contributed by atoms with van der Waals surface area (Å²) in [5.41, 5.74) is 1.63. The molecule has 0 aliphatic carbocycles. The largest absolute Gasteiger partial charge is 0.256 e. The summed E-state index contributed by atoms with van der Waals surface area (Å²) in [7, 11) is 0. The first-order valence-corrected chi connectivity index (χ1v) is 3.70. The zero-order chi connectivity index (χ0) is 8.39. The van der Waals surface area contributed by atoms with Crippen LogP contribution in [0.15, 0.2) is 42.6 Å². The van der Waals surface area contributed by atoms with Crippen molar-refractivity contribution in [2.75, 3.05) is 0 Å². The van der Waals surface area contributed by atoms with Crippen molar-refractivity contribution in [3.63, 3.8) is 0 Å². The van der Waals surface area contributed by atoms with E-state index < -0.39 is 0 Å². The van der Waals surface area contributed by atoms with Crippen LogP contribution in [0.5, 0.6) is 0 Å². The van der Waals surface area contributed by atoms with Crippen LogP contribution in [-0.2, 0) is 0 Å². The fourth-order valence-corrected chi connectivity index (χ4v) is 1.12. The molecule has 1 nitrogen and oxygen atoms in total. The van der Waals surface area contributed by atoms with Crippen LogP contribution in [0.4, 0.5) is 4.39 Å². The Bertz CT molecular complexity index is 353. The molecule has 1 aliphatic rings. The maximum Gasteiger partial charge on any atom is 0.123 e. The second-order valence-electron chi connectivity index (χ2n) is 2.53. The van der Waals surface area contributed by atoms with E-state index in [0.29, 0.717) is 0 Å². The highest BCUT2D eigenvalue weighted by Crippen LogP contribution is 2.16. The lowest BCUT2D eigenvalue weighted by Gasteiger charge is -2.00. The summed E-state index contributed by atoms with van der Waals surface area (Å²) in [4.78, 5) is 0. The van der Waals surface area contributed by atoms with Gasteiger partial charge in [-0.25, -0.2) is 4.39 Å². The van der Waals surface area contributed by atoms with Crippen LogP contribution >= 0.6 is 0 Å². The molecule has 0 N–H and O–H groups in total. The minimum absolute atomic E-state index is 0.226. The van der Waals surface area contributed by atoms with Gasteiger partial charge in [0.1, 0.15) is 5.82 Å². The third-order valence-corrected chi connectivity index (χ3v) is 1.67. The number of hydrogen-bond donors (Lipinski definition) is 0. The summed E-state index contributed by atoms with van der Waals surface area (Å²) in [5.74, 6) is -0.226. The lowest BCUT2D eigenvalue weighted by Crippen LogP contribution is -1.91. The van der Waals surface area contributed by atoms with E-state index in [-0.39, 0.29) is 5.82 Å². The Morgan fingerprint density at radius 1 is 1.25 bits per heavy atom. The van der Waals surface area contributed by atoms with Crippen molar-refractivity contribution < 1.29 is 4.39 Å². The van der Waals surface area contributed by atoms with Gasteiger partial charge < -0.3 is 0 Å². The first-order chi connectivity index (χ1) is 5.86. The van der Waals surface area contributed by atoms with Crippen LogP contribution in [0, 0.1) is 5.82 Å². The molecule has 0 bridgehead atoms. The van der Waals surface area contributed by atoms with Crippen molar-refractivity contribution in [3.8, 4) is 0 Å². The number of benzene rings is 1. The Labute approximate surface area is 70.2 Å². The van der Waals surface area contributed by atoms with Crippen LogP contribution in [0.3, 0.4) is 0 Å². The molecule has 1 aromatic carbocycles. The van der Waals surface area contributed by atoms with Gasteiger partial charge in [-0.1, -0.05) is 12.1 Å². The summed E-state index contributed by atoms with van der Waals surface area (Å²) in [6.45, 7) is 0. The number of nitrogens with zero attached hydrogens (tertiary/aromatic N) is 1. The summed E-state index contributed by atoms with van der Waals surface area (Å²) in [6, 6.07) is 6.42. The highest BCUT2D eigenvalue weighted by Gasteiger charge is 2.03. The molecule has 12 heavy (non-hydrogen) atoms. The van der Waals surface area contributed by atoms with E-state index in [1.165, 1.54) is 12.1 Å². The van der Waals surface area contributed by atoms with Crippen LogP contribution in [0.25, 0.3) is 5.70 Å². The van der Waals surface area contributed by atoms with Gasteiger partial charge in [-0.05, 0) is 24.3 Å². The SMILES string of the molecule is Fc1cccc(C2=CC=C[N]2)c1. The molecule has 0 saturated carbocycles. The number of halogens is 1. The Balaban J connectivity index is 2.35. The molecule has 0 spiro atoms. The third-order valence-electron chi connectivity index (χ3n) is 1.67. The Hall–Kier alpha value is -1.57. The van der Waals surface area contributed by atoms with Crippen molar-refractivity contribution >= 4 is 5.70 Å². The predicted molar refractivity (Wildman–Crippen MR) is 45.7 cm³/mol. The maximum absolute atomic E-state index is 12.7. The smallest absolute Gasteiger partial charge is 0.123 e. The lowest BCUT2D eigenvalue weighted by atomic mass is 10.1. The summed E-state index contributed by atoms with van der Waals surface area (Å²) >= 11 is 0. The first-order valence-electron chi connectivity index (χ1n) is 3.70. The van der Waals surface area contributed by atoms with Gasteiger partial charge in [-0.2, -0.15) is 0 Å². The van der Waals surface area contributed by atoms with Gasteiger partial charge in [0.2, 0.25) is 0 Å². The van der Waals surface area contributed by atoms with E-state index in [2.05, 4.69) is 5.32 Å². The second kappa shape index (κ2) is 2.81. The van der Waals surface area contributed by atoms with E-state index in [4.69, 9.17) is 0 Å². The van der Waals surface area contributed by atoms with Gasteiger partial charge >= 0.3 is 0 Å². The zero-order valence-corrected chi connectivity index (χ0v) is 6.37. The van der Waals surface area contributed by atoms with Gasteiger partial charge in [0, 0.05) is 11.8 Å². The van der Waals surface area contributed by atoms with Gasteiger partial charge in [-0.15, -0.1) is 0 Å². The number of hydrogen-bond acceptors (Lipinski definition) is 0. The lowest BCUT2D eigenvalue weighted by molar-refractivity contribution is 0.627.